The topological polar surface area (TPSA) is 79.2 Å². The van der Waals surface area contributed by atoms with E-state index in [2.05, 4.69) is 4.99 Å². The van der Waals surface area contributed by atoms with Crippen LogP contribution in [0, 0.1) is 0 Å². The predicted molar refractivity (Wildman–Crippen MR) is 81.1 cm³/mol. The zero-order valence-corrected chi connectivity index (χ0v) is 12.6. The summed E-state index contributed by atoms with van der Waals surface area (Å²) in [6, 6.07) is 7.20. The number of aliphatic imine (C=N–C) groups is 1. The second kappa shape index (κ2) is 6.62. The summed E-state index contributed by atoms with van der Waals surface area (Å²) in [7, 11) is 1.60. The molecule has 1 heterocycles. The second-order valence-corrected chi connectivity index (χ2v) is 5.59. The van der Waals surface area contributed by atoms with Crippen molar-refractivity contribution >= 4 is 34.5 Å². The summed E-state index contributed by atoms with van der Waals surface area (Å²) >= 11 is 1.18. The molecule has 0 radical (unpaired) electrons. The molecule has 0 aliphatic carbocycles. The van der Waals surface area contributed by atoms with Crippen LogP contribution in [0.5, 0.6) is 5.75 Å². The van der Waals surface area contributed by atoms with Gasteiger partial charge in [-0.1, -0.05) is 11.8 Å². The van der Waals surface area contributed by atoms with Crippen molar-refractivity contribution in [3.05, 3.63) is 24.3 Å². The molecule has 1 amide bonds. The monoisotopic (exact) mass is 308 g/mol. The number of benzene rings is 1. The van der Waals surface area contributed by atoms with Crippen molar-refractivity contribution in [1.29, 1.82) is 0 Å². The van der Waals surface area contributed by atoms with E-state index in [1.165, 1.54) is 16.7 Å². The Morgan fingerprint density at radius 2 is 2.10 bits per heavy atom. The quantitative estimate of drug-likeness (QED) is 0.901. The lowest BCUT2D eigenvalue weighted by atomic mass is 10.3. The molecule has 1 fully saturated rings. The molecule has 1 atom stereocenters. The van der Waals surface area contributed by atoms with E-state index in [-0.39, 0.29) is 12.3 Å². The summed E-state index contributed by atoms with van der Waals surface area (Å²) in [4.78, 5) is 28.4. The average Bonchev–Trinajstić information content (AvgIpc) is 2.69. The normalized spacial score (nSPS) is 20.1. The first-order chi connectivity index (χ1) is 10.0. The molecule has 6 nitrogen and oxygen atoms in total. The summed E-state index contributed by atoms with van der Waals surface area (Å²) in [5.41, 5.74) is 0.691. The van der Waals surface area contributed by atoms with Gasteiger partial charge < -0.3 is 9.84 Å². The van der Waals surface area contributed by atoms with Crippen molar-refractivity contribution in [2.75, 3.05) is 13.7 Å². The number of carbonyl (C=O) groups is 2. The van der Waals surface area contributed by atoms with Gasteiger partial charge in [0.05, 0.1) is 18.7 Å². The number of aliphatic carboxylic acids is 1. The lowest BCUT2D eigenvalue weighted by Gasteiger charge is -2.08. The van der Waals surface area contributed by atoms with Gasteiger partial charge in [0.1, 0.15) is 11.0 Å². The third-order valence-corrected chi connectivity index (χ3v) is 4.10. The molecule has 112 valence electrons. The van der Waals surface area contributed by atoms with Crippen molar-refractivity contribution in [3.63, 3.8) is 0 Å². The molecule has 0 saturated carbocycles. The van der Waals surface area contributed by atoms with Gasteiger partial charge in [-0.15, -0.1) is 0 Å². The number of thioether (sulfide) groups is 1. The third kappa shape index (κ3) is 3.75. The van der Waals surface area contributed by atoms with Crippen LogP contribution in [0.25, 0.3) is 0 Å². The maximum Gasteiger partial charge on any atom is 0.305 e. The predicted octanol–water partition coefficient (Wildman–Crippen LogP) is 2.12. The van der Waals surface area contributed by atoms with Crippen LogP contribution < -0.4 is 4.74 Å². The van der Waals surface area contributed by atoms with Crippen LogP contribution in [0.1, 0.15) is 13.3 Å². The Hall–Kier alpha value is -2.02. The summed E-state index contributed by atoms with van der Waals surface area (Å²) in [6.45, 7) is 2.50. The van der Waals surface area contributed by atoms with Crippen LogP contribution in [-0.2, 0) is 9.59 Å². The largest absolute Gasteiger partial charge is 0.494 e. The zero-order valence-electron chi connectivity index (χ0n) is 11.8. The fourth-order valence-corrected chi connectivity index (χ4v) is 3.00. The van der Waals surface area contributed by atoms with E-state index in [0.717, 1.165) is 5.75 Å². The molecule has 1 aliphatic heterocycles. The highest BCUT2D eigenvalue weighted by Gasteiger charge is 2.36. The molecule has 2 rings (SSSR count). The number of nitrogens with zero attached hydrogens (tertiary/aromatic N) is 2. The fourth-order valence-electron chi connectivity index (χ4n) is 1.85. The molecular formula is C14H16N2O4S. The molecule has 1 aromatic rings. The van der Waals surface area contributed by atoms with Crippen LogP contribution in [0.15, 0.2) is 29.3 Å². The Kier molecular flexibility index (Phi) is 4.85. The van der Waals surface area contributed by atoms with Gasteiger partial charge in [0.15, 0.2) is 5.17 Å². The van der Waals surface area contributed by atoms with Crippen LogP contribution in [-0.4, -0.2) is 46.0 Å². The van der Waals surface area contributed by atoms with Crippen LogP contribution in [0.4, 0.5) is 5.69 Å². The number of carbonyl (C=O) groups excluding carboxylic acids is 1. The van der Waals surface area contributed by atoms with Crippen LogP contribution in [0.2, 0.25) is 0 Å². The smallest absolute Gasteiger partial charge is 0.305 e. The Morgan fingerprint density at radius 3 is 2.67 bits per heavy atom. The van der Waals surface area contributed by atoms with Crippen molar-refractivity contribution < 1.29 is 19.4 Å². The van der Waals surface area contributed by atoms with E-state index in [0.29, 0.717) is 17.5 Å². The second-order valence-electron chi connectivity index (χ2n) is 4.42. The first-order valence-corrected chi connectivity index (χ1v) is 7.36. The minimum atomic E-state index is -0.989. The van der Waals surface area contributed by atoms with E-state index in [1.54, 1.807) is 31.3 Å². The summed E-state index contributed by atoms with van der Waals surface area (Å²) in [5.74, 6) is -0.461. The van der Waals surface area contributed by atoms with E-state index in [9.17, 15) is 9.59 Å². The number of rotatable bonds is 5. The van der Waals surface area contributed by atoms with Gasteiger partial charge in [-0.25, -0.2) is 4.99 Å². The minimum absolute atomic E-state index is 0.198. The highest BCUT2D eigenvalue weighted by Crippen LogP contribution is 2.30. The van der Waals surface area contributed by atoms with Crippen molar-refractivity contribution in [2.45, 2.75) is 18.6 Å². The molecule has 0 bridgehead atoms. The first-order valence-electron chi connectivity index (χ1n) is 6.49. The van der Waals surface area contributed by atoms with E-state index in [1.807, 2.05) is 6.92 Å². The molecule has 0 aromatic heterocycles. The van der Waals surface area contributed by atoms with Gasteiger partial charge in [0.25, 0.3) is 0 Å². The number of ether oxygens (including phenoxy) is 1. The number of carboxylic acids is 1. The zero-order chi connectivity index (χ0) is 15.4. The molecule has 7 heteroatoms. The standard InChI is InChI=1S/C14H16N2O4S/c1-3-20-10-6-4-9(5-7-10)15-14-16(2)13(19)11(21-14)8-12(17)18/h4-7,11H,3,8H2,1-2H3,(H,17,18)/t11-/m0/s1. The molecule has 1 aromatic carbocycles. The van der Waals surface area contributed by atoms with Gasteiger partial charge >= 0.3 is 5.97 Å². The lowest BCUT2D eigenvalue weighted by molar-refractivity contribution is -0.139. The number of carboxylic acid groups (broad SMARTS) is 1. The highest BCUT2D eigenvalue weighted by atomic mass is 32.2. The molecule has 1 N–H and O–H groups in total. The minimum Gasteiger partial charge on any atom is -0.494 e. The van der Waals surface area contributed by atoms with Gasteiger partial charge in [0.2, 0.25) is 5.91 Å². The average molecular weight is 308 g/mol. The van der Waals surface area contributed by atoms with E-state index in [4.69, 9.17) is 9.84 Å². The molecule has 1 saturated heterocycles. The van der Waals surface area contributed by atoms with Gasteiger partial charge in [-0.2, -0.15) is 0 Å². The van der Waals surface area contributed by atoms with E-state index >= 15 is 0 Å². The lowest BCUT2D eigenvalue weighted by Crippen LogP contribution is -2.28. The Balaban J connectivity index is 2.13. The highest BCUT2D eigenvalue weighted by molar-refractivity contribution is 8.15. The molecule has 1 aliphatic rings. The van der Waals surface area contributed by atoms with Crippen LogP contribution >= 0.6 is 11.8 Å². The van der Waals surface area contributed by atoms with Gasteiger partial charge in [-0.3, -0.25) is 14.5 Å². The Bertz CT molecular complexity index is 571. The fraction of sp³-hybridized carbons (Fsp3) is 0.357. The van der Waals surface area contributed by atoms with Crippen molar-refractivity contribution in [2.24, 2.45) is 4.99 Å². The number of amidine groups is 1. The maximum absolute atomic E-state index is 11.9. The van der Waals surface area contributed by atoms with Crippen molar-refractivity contribution in [1.82, 2.24) is 4.90 Å². The van der Waals surface area contributed by atoms with Gasteiger partial charge in [0, 0.05) is 7.05 Å². The number of amides is 1. The number of hydrogen-bond acceptors (Lipinski definition) is 5. The summed E-state index contributed by atoms with van der Waals surface area (Å²) < 4.78 is 5.35. The third-order valence-electron chi connectivity index (χ3n) is 2.87. The summed E-state index contributed by atoms with van der Waals surface area (Å²) in [5, 5.41) is 8.70. The molecule has 0 unspecified atom stereocenters. The van der Waals surface area contributed by atoms with Crippen molar-refractivity contribution in [3.8, 4) is 5.75 Å². The molecular weight excluding hydrogens is 292 g/mol. The SMILES string of the molecule is CCOc1ccc(N=C2S[C@@H](CC(=O)O)C(=O)N2C)cc1. The summed E-state index contributed by atoms with van der Waals surface area (Å²) in [6.07, 6.45) is -0.198. The molecule has 21 heavy (non-hydrogen) atoms. The van der Waals surface area contributed by atoms with E-state index < -0.39 is 11.2 Å². The molecule has 0 spiro atoms. The Morgan fingerprint density at radius 1 is 1.43 bits per heavy atom. The Labute approximate surface area is 126 Å². The van der Waals surface area contributed by atoms with Crippen LogP contribution in [0.3, 0.4) is 0 Å². The number of hydrogen-bond donors (Lipinski definition) is 1. The maximum atomic E-state index is 11.9. The first kappa shape index (κ1) is 15.4. The van der Waals surface area contributed by atoms with Gasteiger partial charge in [-0.05, 0) is 31.2 Å².